The fourth-order valence-electron chi connectivity index (χ4n) is 10.5. The summed E-state index contributed by atoms with van der Waals surface area (Å²) in [6, 6.07) is 64.2. The number of hydrogen-bond acceptors (Lipinski definition) is 6. The van der Waals surface area contributed by atoms with E-state index in [0.29, 0.717) is 11.5 Å². The summed E-state index contributed by atoms with van der Waals surface area (Å²) in [5, 5.41) is 15.9. The van der Waals surface area contributed by atoms with Crippen LogP contribution in [0.5, 0.6) is 11.5 Å². The molecular weight excluding hydrogens is 1130 g/mol. The first kappa shape index (κ1) is 49.5. The first-order valence-corrected chi connectivity index (χ1v) is 28.7. The predicted octanol–water partition coefficient (Wildman–Crippen LogP) is 19.9. The number of fused-ring (bicyclic) bond motifs is 14. The molecule has 2 aromatic heterocycles. The van der Waals surface area contributed by atoms with E-state index in [-0.39, 0.29) is 8.75 Å². The van der Waals surface area contributed by atoms with Crippen molar-refractivity contribution in [1.29, 1.82) is 0 Å². The number of thiophene rings is 2. The molecule has 0 aliphatic rings. The van der Waals surface area contributed by atoms with E-state index in [2.05, 4.69) is 185 Å². The Labute approximate surface area is 460 Å². The molecule has 2 unspecified atom stereocenters. The van der Waals surface area contributed by atoms with Crippen LogP contribution in [0.3, 0.4) is 0 Å². The Morgan fingerprint density at radius 1 is 0.486 bits per heavy atom. The van der Waals surface area contributed by atoms with Crippen LogP contribution in [0.15, 0.2) is 207 Å². The summed E-state index contributed by atoms with van der Waals surface area (Å²) < 4.78 is 16.7. The van der Waals surface area contributed by atoms with Gasteiger partial charge in [-0.25, -0.2) is 9.59 Å². The van der Waals surface area contributed by atoms with E-state index in [4.69, 9.17) is 9.47 Å². The van der Waals surface area contributed by atoms with Crippen molar-refractivity contribution in [1.82, 2.24) is 0 Å². The quantitative estimate of drug-likeness (QED) is 0.0358. The van der Waals surface area contributed by atoms with Crippen LogP contribution in [-0.2, 0) is 22.4 Å². The van der Waals surface area contributed by atoms with Gasteiger partial charge in [-0.1, -0.05) is 197 Å². The van der Waals surface area contributed by atoms with Gasteiger partial charge in [-0.05, 0) is 129 Å². The van der Waals surface area contributed by atoms with Gasteiger partial charge in [0, 0.05) is 72.4 Å². The van der Waals surface area contributed by atoms with Gasteiger partial charge in [0.05, 0.1) is 0 Å². The highest BCUT2D eigenvalue weighted by molar-refractivity contribution is 14.1. The van der Waals surface area contributed by atoms with Crippen LogP contribution < -0.4 is 9.47 Å². The van der Waals surface area contributed by atoms with Gasteiger partial charge in [-0.2, -0.15) is 0 Å². The number of halogens is 2. The summed E-state index contributed by atoms with van der Waals surface area (Å²) in [4.78, 5) is 23.7. The fraction of sp³-hybridized carbons (Fsp3) is 0.121. The molecule has 12 rings (SSSR count). The molecule has 0 amide bonds. The average molecular weight is 1180 g/mol. The lowest BCUT2D eigenvalue weighted by Crippen LogP contribution is -2.06. The SMILES string of the molecule is C=CC(=O)Oc1ccccc1C(Br)CCCc1cc2ccccc2c2c1sc1ccc3ccccc3c12.C=CC(=O)Oc1ccccc1C(I)CCCc1cc2ccccc2c2c1sc1ccc3ccccc3c12. The fourth-order valence-corrected chi connectivity index (χ4v) is 14.7. The third kappa shape index (κ3) is 9.88. The van der Waals surface area contributed by atoms with Gasteiger partial charge < -0.3 is 9.47 Å². The van der Waals surface area contributed by atoms with Crippen molar-refractivity contribution in [3.8, 4) is 11.5 Å². The van der Waals surface area contributed by atoms with E-state index in [1.807, 2.05) is 71.2 Å². The Balaban J connectivity index is 0.000000159. The van der Waals surface area contributed by atoms with E-state index in [0.717, 1.165) is 49.7 Å². The van der Waals surface area contributed by atoms with Crippen LogP contribution >= 0.6 is 61.2 Å². The molecule has 0 N–H and O–H groups in total. The summed E-state index contributed by atoms with van der Waals surface area (Å²) in [5.74, 6) is 0.338. The number of ether oxygens (including phenoxy) is 2. The van der Waals surface area contributed by atoms with Crippen LogP contribution in [-0.4, -0.2) is 11.9 Å². The second-order valence-corrected chi connectivity index (χ2v) is 23.2. The molecule has 12 aromatic rings. The first-order chi connectivity index (χ1) is 36.3. The first-order valence-electron chi connectivity index (χ1n) is 24.9. The topological polar surface area (TPSA) is 52.6 Å². The van der Waals surface area contributed by atoms with Gasteiger partial charge in [0.25, 0.3) is 0 Å². The second kappa shape index (κ2) is 22.0. The molecule has 8 heteroatoms. The minimum absolute atomic E-state index is 0.0867. The minimum atomic E-state index is -0.442. The van der Waals surface area contributed by atoms with E-state index >= 15 is 0 Å². The van der Waals surface area contributed by atoms with Gasteiger partial charge in [0.15, 0.2) is 0 Å². The molecule has 0 bridgehead atoms. The van der Waals surface area contributed by atoms with Crippen molar-refractivity contribution in [2.45, 2.75) is 47.3 Å². The lowest BCUT2D eigenvalue weighted by molar-refractivity contribution is -0.129. The molecule has 0 saturated heterocycles. The molecule has 0 fully saturated rings. The van der Waals surface area contributed by atoms with Crippen LogP contribution in [0.4, 0.5) is 0 Å². The minimum Gasteiger partial charge on any atom is -0.423 e. The lowest BCUT2D eigenvalue weighted by atomic mass is 9.95. The van der Waals surface area contributed by atoms with Crippen LogP contribution in [0.25, 0.3) is 83.4 Å². The van der Waals surface area contributed by atoms with Crippen molar-refractivity contribution in [2.75, 3.05) is 0 Å². The maximum absolute atomic E-state index is 11.8. The predicted molar refractivity (Wildman–Crippen MR) is 328 cm³/mol. The van der Waals surface area contributed by atoms with Crippen LogP contribution in [0.1, 0.15) is 56.7 Å². The standard InChI is InChI=1S/C33H25BrO2S.C33H25IO2S/c2*1-2-30(35)36-28-17-8-7-15-26(28)27(34)16-9-12-23-20-22-11-4-6-14-25(22)32-31-24-13-5-3-10-21(24)18-19-29(31)37-33(23)32/h2*2-8,10-11,13-15,17-20,27H,1,9,12,16H2. The molecule has 74 heavy (non-hydrogen) atoms. The molecule has 364 valence electrons. The third-order valence-corrected chi connectivity index (χ3v) is 18.6. The molecular formula is C66H50BrIO4S2. The zero-order valence-corrected chi connectivity index (χ0v) is 45.9. The van der Waals surface area contributed by atoms with E-state index < -0.39 is 11.9 Å². The number of alkyl halides is 2. The molecule has 0 aliphatic heterocycles. The number of para-hydroxylation sites is 2. The summed E-state index contributed by atoms with van der Waals surface area (Å²) in [6.07, 6.45) is 8.33. The molecule has 0 spiro atoms. The van der Waals surface area contributed by atoms with E-state index in [1.54, 1.807) is 0 Å². The normalized spacial score (nSPS) is 12.4. The molecule has 0 radical (unpaired) electrons. The molecule has 0 saturated carbocycles. The van der Waals surface area contributed by atoms with Crippen molar-refractivity contribution in [3.63, 3.8) is 0 Å². The Morgan fingerprint density at radius 3 is 1.36 bits per heavy atom. The lowest BCUT2D eigenvalue weighted by Gasteiger charge is -2.15. The summed E-state index contributed by atoms with van der Waals surface area (Å²) in [6.45, 7) is 7.03. The van der Waals surface area contributed by atoms with Gasteiger partial charge in [-0.15, -0.1) is 22.7 Å². The number of carbonyl (C=O) groups is 2. The molecule has 2 atom stereocenters. The van der Waals surface area contributed by atoms with Gasteiger partial charge in [-0.3, -0.25) is 0 Å². The van der Waals surface area contributed by atoms with Gasteiger partial charge >= 0.3 is 11.9 Å². The number of aryl methyl sites for hydroxylation is 2. The molecule has 2 heterocycles. The summed E-state index contributed by atoms with van der Waals surface area (Å²) in [7, 11) is 0. The van der Waals surface area contributed by atoms with Gasteiger partial charge in [0.2, 0.25) is 0 Å². The van der Waals surface area contributed by atoms with E-state index in [1.165, 1.54) is 107 Å². The molecule has 4 nitrogen and oxygen atoms in total. The average Bonchev–Trinajstić information content (AvgIpc) is 4.05. The number of benzene rings is 10. The highest BCUT2D eigenvalue weighted by Gasteiger charge is 2.20. The van der Waals surface area contributed by atoms with Crippen molar-refractivity contribution >= 4 is 157 Å². The summed E-state index contributed by atoms with van der Waals surface area (Å²) >= 11 is 10.1. The number of rotatable bonds is 14. The molecule has 10 aromatic carbocycles. The monoisotopic (exact) mass is 1180 g/mol. The highest BCUT2D eigenvalue weighted by atomic mass is 127. The Bertz CT molecular complexity index is 3870. The zero-order chi connectivity index (χ0) is 50.7. The van der Waals surface area contributed by atoms with Crippen molar-refractivity contribution in [3.05, 3.63) is 230 Å². The third-order valence-electron chi connectivity index (χ3n) is 13.9. The maximum Gasteiger partial charge on any atom is 0.335 e. The smallest absolute Gasteiger partial charge is 0.335 e. The second-order valence-electron chi connectivity index (χ2n) is 18.5. The number of esters is 2. The Morgan fingerprint density at radius 2 is 0.878 bits per heavy atom. The Hall–Kier alpha value is -6.69. The van der Waals surface area contributed by atoms with Gasteiger partial charge in [0.1, 0.15) is 11.5 Å². The highest BCUT2D eigenvalue weighted by Crippen LogP contribution is 2.47. The largest absolute Gasteiger partial charge is 0.423 e. The van der Waals surface area contributed by atoms with Crippen molar-refractivity contribution < 1.29 is 19.1 Å². The number of hydrogen-bond donors (Lipinski definition) is 0. The number of carbonyl (C=O) groups excluding carboxylic acids is 2. The van der Waals surface area contributed by atoms with Crippen LogP contribution in [0, 0.1) is 0 Å². The Kier molecular flexibility index (Phi) is 14.7. The maximum atomic E-state index is 11.8. The molecule has 0 aliphatic carbocycles. The van der Waals surface area contributed by atoms with Crippen molar-refractivity contribution in [2.24, 2.45) is 0 Å². The summed E-state index contributed by atoms with van der Waals surface area (Å²) in [5.41, 5.74) is 4.84. The van der Waals surface area contributed by atoms with Crippen LogP contribution in [0.2, 0.25) is 0 Å². The van der Waals surface area contributed by atoms with E-state index in [9.17, 15) is 9.59 Å². The zero-order valence-electron chi connectivity index (χ0n) is 40.5.